The third-order valence-electron chi connectivity index (χ3n) is 3.46. The number of fused-ring (bicyclic) bond motifs is 1. The molecule has 5 nitrogen and oxygen atoms in total. The van der Waals surface area contributed by atoms with E-state index < -0.39 is 11.8 Å². The summed E-state index contributed by atoms with van der Waals surface area (Å²) >= 11 is 3.39. The minimum absolute atomic E-state index is 0.108. The van der Waals surface area contributed by atoms with Crippen molar-refractivity contribution in [2.45, 2.75) is 6.92 Å². The standard InChI is InChI=1S/C17H13BrFN3O2/c1-9-6-11(3-4-13(9)18)20-17(24)21-12-7-10-2-5-15(23)22-16(10)14(19)8-12/h2-8H,1H3,(H,22,23)(H2,20,21,24). The summed E-state index contributed by atoms with van der Waals surface area (Å²) in [6, 6.07) is 10.5. The second-order valence-corrected chi connectivity index (χ2v) is 6.14. The van der Waals surface area contributed by atoms with Crippen molar-refractivity contribution < 1.29 is 9.18 Å². The molecule has 1 heterocycles. The van der Waals surface area contributed by atoms with Crippen LogP contribution in [-0.2, 0) is 0 Å². The van der Waals surface area contributed by atoms with Crippen LogP contribution in [0.5, 0.6) is 0 Å². The second kappa shape index (κ2) is 6.45. The van der Waals surface area contributed by atoms with Crippen LogP contribution in [0.1, 0.15) is 5.56 Å². The van der Waals surface area contributed by atoms with E-state index in [9.17, 15) is 14.0 Å². The number of halogens is 2. The summed E-state index contributed by atoms with van der Waals surface area (Å²) in [5.41, 5.74) is 1.62. The first-order valence-corrected chi connectivity index (χ1v) is 7.88. The number of nitrogens with one attached hydrogen (secondary N) is 3. The number of hydrogen-bond donors (Lipinski definition) is 3. The summed E-state index contributed by atoms with van der Waals surface area (Å²) in [5.74, 6) is -0.611. The molecular formula is C17H13BrFN3O2. The minimum atomic E-state index is -0.611. The van der Waals surface area contributed by atoms with E-state index in [-0.39, 0.29) is 11.1 Å². The van der Waals surface area contributed by atoms with Gasteiger partial charge in [-0.05, 0) is 48.9 Å². The number of urea groups is 1. The summed E-state index contributed by atoms with van der Waals surface area (Å²) in [5, 5.41) is 5.75. The lowest BCUT2D eigenvalue weighted by molar-refractivity contribution is 0.262. The smallest absolute Gasteiger partial charge is 0.319 e. The van der Waals surface area contributed by atoms with E-state index in [1.807, 2.05) is 19.1 Å². The number of carbonyl (C=O) groups excluding carboxylic acids is 1. The number of aryl methyl sites for hydroxylation is 1. The van der Waals surface area contributed by atoms with Gasteiger partial charge < -0.3 is 15.6 Å². The molecule has 1 aromatic heterocycles. The topological polar surface area (TPSA) is 74.0 Å². The highest BCUT2D eigenvalue weighted by atomic mass is 79.9. The van der Waals surface area contributed by atoms with E-state index >= 15 is 0 Å². The fourth-order valence-corrected chi connectivity index (χ4v) is 2.56. The Bertz CT molecular complexity index is 1000. The van der Waals surface area contributed by atoms with E-state index in [4.69, 9.17) is 0 Å². The van der Waals surface area contributed by atoms with E-state index in [1.165, 1.54) is 12.1 Å². The van der Waals surface area contributed by atoms with Gasteiger partial charge in [0.1, 0.15) is 5.82 Å². The van der Waals surface area contributed by atoms with Crippen LogP contribution >= 0.6 is 15.9 Å². The maximum absolute atomic E-state index is 14.1. The summed E-state index contributed by atoms with van der Waals surface area (Å²) in [6.45, 7) is 1.91. The molecule has 0 aliphatic rings. The molecule has 3 rings (SSSR count). The highest BCUT2D eigenvalue weighted by Gasteiger charge is 2.08. The molecule has 0 unspecified atom stereocenters. The number of carbonyl (C=O) groups is 1. The van der Waals surface area contributed by atoms with Crippen molar-refractivity contribution in [3.8, 4) is 0 Å². The van der Waals surface area contributed by atoms with Crippen molar-refractivity contribution in [3.05, 3.63) is 68.7 Å². The zero-order valence-electron chi connectivity index (χ0n) is 12.6. The molecule has 0 aliphatic heterocycles. The van der Waals surface area contributed by atoms with E-state index in [0.29, 0.717) is 16.8 Å². The van der Waals surface area contributed by atoms with Crippen LogP contribution in [0.15, 0.2) is 51.7 Å². The van der Waals surface area contributed by atoms with E-state index in [1.54, 1.807) is 12.1 Å². The highest BCUT2D eigenvalue weighted by molar-refractivity contribution is 9.10. The third-order valence-corrected chi connectivity index (χ3v) is 4.35. The van der Waals surface area contributed by atoms with Crippen LogP contribution in [-0.4, -0.2) is 11.0 Å². The number of aromatic amines is 1. The second-order valence-electron chi connectivity index (χ2n) is 5.29. The van der Waals surface area contributed by atoms with Crippen molar-refractivity contribution in [1.29, 1.82) is 0 Å². The minimum Gasteiger partial charge on any atom is -0.319 e. The molecule has 7 heteroatoms. The number of anilines is 2. The molecule has 3 N–H and O–H groups in total. The normalized spacial score (nSPS) is 10.6. The SMILES string of the molecule is Cc1cc(NC(=O)Nc2cc(F)c3[nH]c(=O)ccc3c2)ccc1Br. The largest absolute Gasteiger partial charge is 0.323 e. The van der Waals surface area contributed by atoms with Gasteiger partial charge in [0.15, 0.2) is 0 Å². The highest BCUT2D eigenvalue weighted by Crippen LogP contribution is 2.22. The van der Waals surface area contributed by atoms with Gasteiger partial charge in [0.05, 0.1) is 5.52 Å². The fourth-order valence-electron chi connectivity index (χ4n) is 2.31. The van der Waals surface area contributed by atoms with Crippen molar-refractivity contribution in [2.75, 3.05) is 10.6 Å². The van der Waals surface area contributed by atoms with Gasteiger partial charge in [-0.1, -0.05) is 15.9 Å². The molecule has 24 heavy (non-hydrogen) atoms. The van der Waals surface area contributed by atoms with Gasteiger partial charge in [-0.2, -0.15) is 0 Å². The van der Waals surface area contributed by atoms with Crippen molar-refractivity contribution in [3.63, 3.8) is 0 Å². The number of benzene rings is 2. The van der Waals surface area contributed by atoms with Gasteiger partial charge in [0.25, 0.3) is 0 Å². The molecule has 0 saturated heterocycles. The quantitative estimate of drug-likeness (QED) is 0.608. The average Bonchev–Trinajstić information content (AvgIpc) is 2.52. The average molecular weight is 390 g/mol. The number of amides is 2. The predicted octanol–water partition coefficient (Wildman–Crippen LogP) is 4.38. The lowest BCUT2D eigenvalue weighted by atomic mass is 10.2. The Morgan fingerprint density at radius 2 is 1.83 bits per heavy atom. The molecule has 2 amide bonds. The summed E-state index contributed by atoms with van der Waals surface area (Å²) in [4.78, 5) is 25.7. The van der Waals surface area contributed by atoms with Gasteiger partial charge >= 0.3 is 6.03 Å². The Balaban J connectivity index is 1.81. The molecule has 0 atom stereocenters. The lowest BCUT2D eigenvalue weighted by Gasteiger charge is -2.10. The van der Waals surface area contributed by atoms with Crippen LogP contribution in [0.25, 0.3) is 10.9 Å². The molecule has 0 saturated carbocycles. The molecule has 0 aliphatic carbocycles. The van der Waals surface area contributed by atoms with Crippen molar-refractivity contribution in [1.82, 2.24) is 4.98 Å². The molecule has 0 radical (unpaired) electrons. The van der Waals surface area contributed by atoms with E-state index in [0.717, 1.165) is 16.1 Å². The molecule has 0 spiro atoms. The Morgan fingerprint density at radius 3 is 2.58 bits per heavy atom. The van der Waals surface area contributed by atoms with Crippen LogP contribution in [0.2, 0.25) is 0 Å². The number of aromatic nitrogens is 1. The van der Waals surface area contributed by atoms with Crippen molar-refractivity contribution in [2.24, 2.45) is 0 Å². The summed E-state index contributed by atoms with van der Waals surface area (Å²) in [7, 11) is 0. The summed E-state index contributed by atoms with van der Waals surface area (Å²) in [6.07, 6.45) is 0. The lowest BCUT2D eigenvalue weighted by Crippen LogP contribution is -2.19. The number of rotatable bonds is 2. The van der Waals surface area contributed by atoms with Gasteiger partial charge in [-0.25, -0.2) is 9.18 Å². The number of pyridine rings is 1. The molecular weight excluding hydrogens is 377 g/mol. The Labute approximate surface area is 145 Å². The maximum atomic E-state index is 14.1. The fraction of sp³-hybridized carbons (Fsp3) is 0.0588. The monoisotopic (exact) mass is 389 g/mol. The first-order chi connectivity index (χ1) is 11.4. The summed E-state index contributed by atoms with van der Waals surface area (Å²) < 4.78 is 15.0. The van der Waals surface area contributed by atoms with Gasteiger partial charge in [-0.15, -0.1) is 0 Å². The number of H-pyrrole nitrogens is 1. The van der Waals surface area contributed by atoms with Gasteiger partial charge in [0, 0.05) is 27.3 Å². The maximum Gasteiger partial charge on any atom is 0.323 e. The zero-order valence-corrected chi connectivity index (χ0v) is 14.2. The number of hydrogen-bond acceptors (Lipinski definition) is 2. The van der Waals surface area contributed by atoms with Gasteiger partial charge in [-0.3, -0.25) is 4.79 Å². The Hall–Kier alpha value is -2.67. The third kappa shape index (κ3) is 3.46. The van der Waals surface area contributed by atoms with E-state index in [2.05, 4.69) is 31.5 Å². The van der Waals surface area contributed by atoms with Crippen LogP contribution in [0.3, 0.4) is 0 Å². The molecule has 0 bridgehead atoms. The van der Waals surface area contributed by atoms with Crippen LogP contribution < -0.4 is 16.2 Å². The first kappa shape index (κ1) is 16.2. The Kier molecular flexibility index (Phi) is 4.35. The Morgan fingerprint density at radius 1 is 1.08 bits per heavy atom. The van der Waals surface area contributed by atoms with Crippen molar-refractivity contribution >= 4 is 44.2 Å². The molecule has 2 aromatic carbocycles. The molecule has 122 valence electrons. The molecule has 3 aromatic rings. The first-order valence-electron chi connectivity index (χ1n) is 7.09. The zero-order chi connectivity index (χ0) is 17.3. The molecule has 0 fully saturated rings. The van der Waals surface area contributed by atoms with Gasteiger partial charge in [0.2, 0.25) is 5.56 Å². The van der Waals surface area contributed by atoms with Crippen LogP contribution in [0, 0.1) is 12.7 Å². The predicted molar refractivity (Wildman–Crippen MR) is 96.0 cm³/mol. The van der Waals surface area contributed by atoms with Crippen LogP contribution in [0.4, 0.5) is 20.6 Å².